The lowest BCUT2D eigenvalue weighted by Crippen LogP contribution is -2.36. The van der Waals surface area contributed by atoms with E-state index >= 15 is 0 Å². The van der Waals surface area contributed by atoms with Gasteiger partial charge in [0.05, 0.1) is 11.8 Å². The maximum absolute atomic E-state index is 12.3. The molecule has 1 saturated carbocycles. The largest absolute Gasteiger partial charge is 0.481 e. The number of hydrogen-bond acceptors (Lipinski definition) is 3. The zero-order chi connectivity index (χ0) is 15.4. The van der Waals surface area contributed by atoms with Crippen molar-refractivity contribution in [2.24, 2.45) is 11.8 Å². The molecule has 1 fully saturated rings. The Morgan fingerprint density at radius 2 is 1.62 bits per heavy atom. The predicted molar refractivity (Wildman–Crippen MR) is 78.2 cm³/mol. The zero-order valence-electron chi connectivity index (χ0n) is 12.0. The number of carbonyl (C=O) groups excluding carboxylic acids is 2. The van der Waals surface area contributed by atoms with Crippen LogP contribution in [0.15, 0.2) is 24.3 Å². The van der Waals surface area contributed by atoms with Crippen LogP contribution in [0.3, 0.4) is 0 Å². The molecule has 0 bridgehead atoms. The molecule has 0 saturated heterocycles. The van der Waals surface area contributed by atoms with Gasteiger partial charge < -0.3 is 10.4 Å². The van der Waals surface area contributed by atoms with Gasteiger partial charge in [0, 0.05) is 11.3 Å². The average Bonchev–Trinajstić information content (AvgIpc) is 2.47. The summed E-state index contributed by atoms with van der Waals surface area (Å²) in [7, 11) is 0. The number of aliphatic carboxylic acids is 1. The van der Waals surface area contributed by atoms with Crippen molar-refractivity contribution in [3.8, 4) is 0 Å². The second kappa shape index (κ2) is 6.52. The van der Waals surface area contributed by atoms with Gasteiger partial charge in [-0.15, -0.1) is 0 Å². The van der Waals surface area contributed by atoms with Gasteiger partial charge in [-0.25, -0.2) is 0 Å². The highest BCUT2D eigenvalue weighted by Gasteiger charge is 2.35. The highest BCUT2D eigenvalue weighted by Crippen LogP contribution is 2.31. The number of hydrogen-bond donors (Lipinski definition) is 2. The maximum atomic E-state index is 12.3. The first-order valence-electron chi connectivity index (χ1n) is 7.13. The van der Waals surface area contributed by atoms with Crippen molar-refractivity contribution >= 4 is 23.3 Å². The third-order valence-electron chi connectivity index (χ3n) is 3.98. The minimum absolute atomic E-state index is 0.0360. The third kappa shape index (κ3) is 3.68. The number of anilines is 1. The lowest BCUT2D eigenvalue weighted by molar-refractivity contribution is -0.147. The summed E-state index contributed by atoms with van der Waals surface area (Å²) < 4.78 is 0. The topological polar surface area (TPSA) is 83.5 Å². The summed E-state index contributed by atoms with van der Waals surface area (Å²) in [4.78, 5) is 34.7. The monoisotopic (exact) mass is 289 g/mol. The molecule has 0 aliphatic heterocycles. The van der Waals surface area contributed by atoms with Crippen molar-refractivity contribution in [2.45, 2.75) is 32.6 Å². The van der Waals surface area contributed by atoms with Gasteiger partial charge in [-0.3, -0.25) is 14.4 Å². The second-order valence-corrected chi connectivity index (χ2v) is 5.46. The minimum atomic E-state index is -0.901. The molecule has 0 radical (unpaired) electrons. The van der Waals surface area contributed by atoms with E-state index in [1.54, 1.807) is 24.3 Å². The van der Waals surface area contributed by atoms with Crippen LogP contribution in [0.2, 0.25) is 0 Å². The van der Waals surface area contributed by atoms with Gasteiger partial charge in [0.1, 0.15) is 0 Å². The molecule has 5 heteroatoms. The number of benzene rings is 1. The van der Waals surface area contributed by atoms with E-state index in [1.165, 1.54) is 6.92 Å². The van der Waals surface area contributed by atoms with Crippen molar-refractivity contribution in [3.05, 3.63) is 29.8 Å². The van der Waals surface area contributed by atoms with Gasteiger partial charge >= 0.3 is 5.97 Å². The first kappa shape index (κ1) is 15.2. The molecule has 0 heterocycles. The van der Waals surface area contributed by atoms with Crippen LogP contribution >= 0.6 is 0 Å². The van der Waals surface area contributed by atoms with E-state index in [0.717, 1.165) is 12.8 Å². The van der Waals surface area contributed by atoms with Crippen LogP contribution < -0.4 is 5.32 Å². The number of Topliss-reactive ketones (excluding diaryl/α,β-unsaturated/α-hetero) is 1. The molecule has 0 spiro atoms. The van der Waals surface area contributed by atoms with E-state index in [-0.39, 0.29) is 11.7 Å². The number of nitrogens with one attached hydrogen (secondary N) is 1. The van der Waals surface area contributed by atoms with Crippen LogP contribution in [0.4, 0.5) is 5.69 Å². The fraction of sp³-hybridized carbons (Fsp3) is 0.438. The van der Waals surface area contributed by atoms with Crippen molar-refractivity contribution in [1.29, 1.82) is 0 Å². The van der Waals surface area contributed by atoms with Crippen LogP contribution in [-0.4, -0.2) is 22.8 Å². The van der Waals surface area contributed by atoms with Crippen LogP contribution in [0, 0.1) is 11.8 Å². The lowest BCUT2D eigenvalue weighted by Gasteiger charge is -2.27. The summed E-state index contributed by atoms with van der Waals surface area (Å²) in [5.41, 5.74) is 1.16. The molecule has 5 nitrogen and oxygen atoms in total. The van der Waals surface area contributed by atoms with Gasteiger partial charge in [-0.05, 0) is 44.0 Å². The number of carboxylic acid groups (broad SMARTS) is 1. The molecule has 1 aliphatic carbocycles. The molecule has 2 N–H and O–H groups in total. The van der Waals surface area contributed by atoms with E-state index in [9.17, 15) is 19.5 Å². The molecule has 2 unspecified atom stereocenters. The SMILES string of the molecule is CC(=O)c1ccc(NC(=O)C2CCCCC2C(=O)O)cc1. The Hall–Kier alpha value is -2.17. The van der Waals surface area contributed by atoms with Crippen molar-refractivity contribution < 1.29 is 19.5 Å². The second-order valence-electron chi connectivity index (χ2n) is 5.46. The first-order valence-corrected chi connectivity index (χ1v) is 7.13. The molecule has 1 amide bonds. The molecule has 1 aromatic rings. The average molecular weight is 289 g/mol. The van der Waals surface area contributed by atoms with Gasteiger partial charge in [0.15, 0.2) is 5.78 Å². The Labute approximate surface area is 123 Å². The number of amides is 1. The van der Waals surface area contributed by atoms with E-state index in [0.29, 0.717) is 24.1 Å². The summed E-state index contributed by atoms with van der Waals surface area (Å²) in [6.45, 7) is 1.48. The summed E-state index contributed by atoms with van der Waals surface area (Å²) in [6.07, 6.45) is 2.89. The standard InChI is InChI=1S/C16H19NO4/c1-10(18)11-6-8-12(9-7-11)17-15(19)13-4-2-3-5-14(13)16(20)21/h6-9,13-14H,2-5H2,1H3,(H,17,19)(H,20,21). The van der Waals surface area contributed by atoms with E-state index in [4.69, 9.17) is 0 Å². The molecule has 21 heavy (non-hydrogen) atoms. The molecular formula is C16H19NO4. The van der Waals surface area contributed by atoms with Crippen LogP contribution in [0.1, 0.15) is 43.0 Å². The summed E-state index contributed by atoms with van der Waals surface area (Å²) >= 11 is 0. The Bertz CT molecular complexity index is 550. The number of carboxylic acids is 1. The summed E-state index contributed by atoms with van der Waals surface area (Å²) in [5, 5.41) is 12.0. The smallest absolute Gasteiger partial charge is 0.307 e. The summed E-state index contributed by atoms with van der Waals surface area (Å²) in [5.74, 6) is -2.27. The van der Waals surface area contributed by atoms with Crippen molar-refractivity contribution in [1.82, 2.24) is 0 Å². The molecule has 0 aromatic heterocycles. The fourth-order valence-corrected chi connectivity index (χ4v) is 2.76. The van der Waals surface area contributed by atoms with Crippen LogP contribution in [-0.2, 0) is 9.59 Å². The third-order valence-corrected chi connectivity index (χ3v) is 3.98. The number of rotatable bonds is 4. The quantitative estimate of drug-likeness (QED) is 0.835. The fourth-order valence-electron chi connectivity index (χ4n) is 2.76. The molecule has 1 aromatic carbocycles. The highest BCUT2D eigenvalue weighted by atomic mass is 16.4. The number of carbonyl (C=O) groups is 3. The Morgan fingerprint density at radius 1 is 1.05 bits per heavy atom. The lowest BCUT2D eigenvalue weighted by atomic mass is 9.78. The van der Waals surface area contributed by atoms with E-state index < -0.39 is 17.8 Å². The van der Waals surface area contributed by atoms with Gasteiger partial charge in [0.25, 0.3) is 0 Å². The van der Waals surface area contributed by atoms with Crippen molar-refractivity contribution in [2.75, 3.05) is 5.32 Å². The van der Waals surface area contributed by atoms with Crippen molar-refractivity contribution in [3.63, 3.8) is 0 Å². The maximum Gasteiger partial charge on any atom is 0.307 e. The molecule has 2 atom stereocenters. The highest BCUT2D eigenvalue weighted by molar-refractivity contribution is 5.97. The van der Waals surface area contributed by atoms with Crippen LogP contribution in [0.25, 0.3) is 0 Å². The number of ketones is 1. The van der Waals surface area contributed by atoms with Gasteiger partial charge in [-0.1, -0.05) is 12.8 Å². The normalized spacial score (nSPS) is 21.6. The predicted octanol–water partition coefficient (Wildman–Crippen LogP) is 2.72. The minimum Gasteiger partial charge on any atom is -0.481 e. The van der Waals surface area contributed by atoms with Crippen LogP contribution in [0.5, 0.6) is 0 Å². The Balaban J connectivity index is 2.05. The van der Waals surface area contributed by atoms with Gasteiger partial charge in [-0.2, -0.15) is 0 Å². The van der Waals surface area contributed by atoms with E-state index in [1.807, 2.05) is 0 Å². The van der Waals surface area contributed by atoms with E-state index in [2.05, 4.69) is 5.32 Å². The molecule has 2 rings (SSSR count). The first-order chi connectivity index (χ1) is 9.99. The molecule has 112 valence electrons. The summed E-state index contributed by atoms with van der Waals surface area (Å²) in [6, 6.07) is 6.61. The van der Waals surface area contributed by atoms with Gasteiger partial charge in [0.2, 0.25) is 5.91 Å². The Kier molecular flexibility index (Phi) is 4.73. The molecule has 1 aliphatic rings. The Morgan fingerprint density at radius 3 is 2.14 bits per heavy atom. The molecular weight excluding hydrogens is 270 g/mol. The zero-order valence-corrected chi connectivity index (χ0v) is 12.0.